The second-order valence-corrected chi connectivity index (χ2v) is 19.6. The fraction of sp³-hybridized carbons (Fsp3) is 0.788. The second kappa shape index (κ2) is 43.5. The van der Waals surface area contributed by atoms with Crippen LogP contribution in [0.2, 0.25) is 0 Å². The Hall–Kier alpha value is -1.80. The standard InChI is InChI=1S/C52H97N2O6P/c1-6-8-10-12-14-16-18-20-22-24-26-28-29-31-33-35-37-39-41-43-45-51(55)50(49-60-61(57,58)59-48-47-54(3,4)5)53-52(56)46-44-42-40-38-36-34-32-30-27-25-23-21-19-17-15-13-11-9-7-2/h9,11,15,17,21,23,27,30,34,36,50-51,55H,6-8,10,12-14,16,18-20,22,24-26,28-29,31-33,35,37-49H2,1-5H3,(H-,53,56,57,58)/b11-9-,17-15-,23-21-,30-27-,36-34-. The first-order valence-corrected chi connectivity index (χ1v) is 26.6. The van der Waals surface area contributed by atoms with Gasteiger partial charge in [0, 0.05) is 6.42 Å². The molecule has 0 aliphatic heterocycles. The number of amides is 1. The molecule has 3 unspecified atom stereocenters. The Labute approximate surface area is 377 Å². The van der Waals surface area contributed by atoms with Gasteiger partial charge in [-0.25, -0.2) is 0 Å². The Morgan fingerprint density at radius 1 is 0.590 bits per heavy atom. The Kier molecular flexibility index (Phi) is 42.2. The average Bonchev–Trinajstić information content (AvgIpc) is 3.21. The molecule has 0 aliphatic rings. The highest BCUT2D eigenvalue weighted by Crippen LogP contribution is 2.38. The first-order valence-electron chi connectivity index (χ1n) is 25.1. The molecule has 3 atom stereocenters. The largest absolute Gasteiger partial charge is 0.756 e. The van der Waals surface area contributed by atoms with Gasteiger partial charge < -0.3 is 28.8 Å². The van der Waals surface area contributed by atoms with Gasteiger partial charge in [0.2, 0.25) is 5.91 Å². The molecule has 0 bridgehead atoms. The normalized spacial score (nSPS) is 14.7. The van der Waals surface area contributed by atoms with Gasteiger partial charge in [-0.1, -0.05) is 209 Å². The number of unbranched alkanes of at least 4 members (excludes halogenated alkanes) is 22. The minimum Gasteiger partial charge on any atom is -0.756 e. The molecule has 2 N–H and O–H groups in total. The lowest BCUT2D eigenvalue weighted by Crippen LogP contribution is -2.46. The number of phosphoric ester groups is 1. The fourth-order valence-electron chi connectivity index (χ4n) is 7.07. The topological polar surface area (TPSA) is 108 Å². The molecule has 0 saturated heterocycles. The van der Waals surface area contributed by atoms with Gasteiger partial charge >= 0.3 is 0 Å². The highest BCUT2D eigenvalue weighted by atomic mass is 31.2. The highest BCUT2D eigenvalue weighted by Gasteiger charge is 2.24. The molecule has 0 aromatic carbocycles. The van der Waals surface area contributed by atoms with E-state index >= 15 is 0 Å². The third-order valence-electron chi connectivity index (χ3n) is 11.0. The molecule has 0 aromatic heterocycles. The highest BCUT2D eigenvalue weighted by molar-refractivity contribution is 7.45. The molecule has 8 nitrogen and oxygen atoms in total. The van der Waals surface area contributed by atoms with Crippen LogP contribution in [0, 0.1) is 0 Å². The summed E-state index contributed by atoms with van der Waals surface area (Å²) in [5.41, 5.74) is 0. The average molecular weight is 877 g/mol. The lowest BCUT2D eigenvalue weighted by Gasteiger charge is -2.30. The maximum Gasteiger partial charge on any atom is 0.268 e. The number of nitrogens with one attached hydrogen (secondary N) is 1. The van der Waals surface area contributed by atoms with E-state index in [1.165, 1.54) is 109 Å². The number of nitrogens with zero attached hydrogens (tertiary/aromatic N) is 1. The van der Waals surface area contributed by atoms with Crippen LogP contribution in [0.25, 0.3) is 0 Å². The van der Waals surface area contributed by atoms with Crippen molar-refractivity contribution in [3.8, 4) is 0 Å². The van der Waals surface area contributed by atoms with Crippen molar-refractivity contribution >= 4 is 13.7 Å². The van der Waals surface area contributed by atoms with Gasteiger partial charge in [0.15, 0.2) is 0 Å². The number of likely N-dealkylation sites (N-methyl/N-ethyl adjacent to an activating group) is 1. The monoisotopic (exact) mass is 877 g/mol. The Morgan fingerprint density at radius 3 is 1.44 bits per heavy atom. The summed E-state index contributed by atoms with van der Waals surface area (Å²) < 4.78 is 23.3. The van der Waals surface area contributed by atoms with Crippen molar-refractivity contribution in [2.45, 2.75) is 225 Å². The summed E-state index contributed by atoms with van der Waals surface area (Å²) in [4.78, 5) is 25.4. The zero-order valence-electron chi connectivity index (χ0n) is 40.4. The molecule has 9 heteroatoms. The van der Waals surface area contributed by atoms with Crippen LogP contribution < -0.4 is 10.2 Å². The van der Waals surface area contributed by atoms with Crippen molar-refractivity contribution in [2.75, 3.05) is 40.9 Å². The predicted octanol–water partition coefficient (Wildman–Crippen LogP) is 14.0. The van der Waals surface area contributed by atoms with E-state index in [1.807, 2.05) is 21.1 Å². The van der Waals surface area contributed by atoms with Crippen LogP contribution in [-0.4, -0.2) is 68.5 Å². The van der Waals surface area contributed by atoms with Gasteiger partial charge in [-0.3, -0.25) is 9.36 Å². The van der Waals surface area contributed by atoms with E-state index in [0.717, 1.165) is 77.0 Å². The van der Waals surface area contributed by atoms with Crippen molar-refractivity contribution in [2.24, 2.45) is 0 Å². The third-order valence-corrected chi connectivity index (χ3v) is 12.0. The predicted molar refractivity (Wildman–Crippen MR) is 261 cm³/mol. The van der Waals surface area contributed by atoms with Gasteiger partial charge in [-0.15, -0.1) is 0 Å². The molecule has 0 aromatic rings. The molecular weight excluding hydrogens is 780 g/mol. The van der Waals surface area contributed by atoms with Crippen LogP contribution in [-0.2, 0) is 18.4 Å². The van der Waals surface area contributed by atoms with Crippen LogP contribution >= 0.6 is 7.82 Å². The lowest BCUT2D eigenvalue weighted by molar-refractivity contribution is -0.870. The number of hydrogen-bond donors (Lipinski definition) is 2. The van der Waals surface area contributed by atoms with Gasteiger partial charge in [-0.05, 0) is 57.8 Å². The summed E-state index contributed by atoms with van der Waals surface area (Å²) in [5, 5.41) is 13.9. The zero-order valence-corrected chi connectivity index (χ0v) is 41.2. The minimum atomic E-state index is -4.58. The van der Waals surface area contributed by atoms with Crippen LogP contribution in [0.5, 0.6) is 0 Å². The lowest BCUT2D eigenvalue weighted by atomic mass is 10.0. The molecule has 0 spiro atoms. The number of aliphatic hydroxyl groups is 1. The van der Waals surface area contributed by atoms with Crippen molar-refractivity contribution < 1.29 is 32.9 Å². The maximum atomic E-state index is 12.9. The van der Waals surface area contributed by atoms with Crippen LogP contribution in [0.4, 0.5) is 0 Å². The molecule has 1 amide bonds. The molecule has 0 aliphatic carbocycles. The Bertz CT molecular complexity index is 1180. The van der Waals surface area contributed by atoms with Crippen molar-refractivity contribution in [1.29, 1.82) is 0 Å². The number of carbonyl (C=O) groups is 1. The van der Waals surface area contributed by atoms with Crippen molar-refractivity contribution in [3.63, 3.8) is 0 Å². The summed E-state index contributed by atoms with van der Waals surface area (Å²) in [6.07, 6.45) is 56.6. The van der Waals surface area contributed by atoms with E-state index in [-0.39, 0.29) is 19.1 Å². The molecular formula is C52H97N2O6P. The number of allylic oxidation sites excluding steroid dienone is 10. The number of phosphoric acid groups is 1. The zero-order chi connectivity index (χ0) is 45.0. The molecule has 0 fully saturated rings. The number of quaternary nitrogens is 1. The summed E-state index contributed by atoms with van der Waals surface area (Å²) in [6, 6.07) is -0.821. The van der Waals surface area contributed by atoms with E-state index in [4.69, 9.17) is 9.05 Å². The molecule has 0 saturated carbocycles. The number of aliphatic hydroxyl groups excluding tert-OH is 1. The van der Waals surface area contributed by atoms with Crippen LogP contribution in [0.1, 0.15) is 213 Å². The number of rotatable bonds is 45. The van der Waals surface area contributed by atoms with E-state index in [2.05, 4.69) is 79.9 Å². The minimum absolute atomic E-state index is 0.00286. The number of hydrogen-bond acceptors (Lipinski definition) is 6. The van der Waals surface area contributed by atoms with Gasteiger partial charge in [0.05, 0.1) is 39.9 Å². The molecule has 0 radical (unpaired) electrons. The van der Waals surface area contributed by atoms with E-state index in [1.54, 1.807) is 0 Å². The van der Waals surface area contributed by atoms with Crippen LogP contribution in [0.3, 0.4) is 0 Å². The third kappa shape index (κ3) is 46.0. The summed E-state index contributed by atoms with van der Waals surface area (Å²) >= 11 is 0. The molecule has 356 valence electrons. The maximum absolute atomic E-state index is 12.9. The van der Waals surface area contributed by atoms with Gasteiger partial charge in [-0.2, -0.15) is 0 Å². The van der Waals surface area contributed by atoms with Crippen LogP contribution in [0.15, 0.2) is 60.8 Å². The first-order chi connectivity index (χ1) is 29.5. The van der Waals surface area contributed by atoms with E-state index in [0.29, 0.717) is 23.9 Å². The Balaban J connectivity index is 4.35. The van der Waals surface area contributed by atoms with Gasteiger partial charge in [0.1, 0.15) is 13.2 Å². The summed E-state index contributed by atoms with van der Waals surface area (Å²) in [5.74, 6) is -0.197. The molecule has 61 heavy (non-hydrogen) atoms. The second-order valence-electron chi connectivity index (χ2n) is 18.1. The molecule has 0 rings (SSSR count). The summed E-state index contributed by atoms with van der Waals surface area (Å²) in [6.45, 7) is 4.59. The number of carbonyl (C=O) groups excluding carboxylic acids is 1. The Morgan fingerprint density at radius 2 is 1.00 bits per heavy atom. The van der Waals surface area contributed by atoms with E-state index < -0.39 is 20.0 Å². The molecule has 0 heterocycles. The van der Waals surface area contributed by atoms with E-state index in [9.17, 15) is 19.4 Å². The first kappa shape index (κ1) is 59.2. The quantitative estimate of drug-likeness (QED) is 0.0273. The van der Waals surface area contributed by atoms with Crippen molar-refractivity contribution in [1.82, 2.24) is 5.32 Å². The fourth-order valence-corrected chi connectivity index (χ4v) is 7.79. The van der Waals surface area contributed by atoms with Crippen molar-refractivity contribution in [3.05, 3.63) is 60.8 Å². The van der Waals surface area contributed by atoms with Gasteiger partial charge in [0.25, 0.3) is 7.82 Å². The summed E-state index contributed by atoms with van der Waals surface area (Å²) in [7, 11) is 1.28. The smallest absolute Gasteiger partial charge is 0.268 e. The SMILES string of the molecule is CC/C=C\C/C=C\C/C=C\C/C=C\C/C=C\CCCCCC(=O)NC(COP(=O)([O-])OCC[N+](C)(C)C)C(O)CCCCCCCCCCCCCCCCCCCCCC.